The number of aromatic amines is 1. The molecular weight excluding hydrogens is 302 g/mol. The number of hydrogen-bond donors (Lipinski definition) is 2. The number of benzene rings is 1. The molecule has 0 saturated carbocycles. The number of rotatable bonds is 3. The zero-order valence-corrected chi connectivity index (χ0v) is 12.4. The van der Waals surface area contributed by atoms with Gasteiger partial charge in [0.2, 0.25) is 11.8 Å². The fraction of sp³-hybridized carbons (Fsp3) is 0.312. The normalized spacial score (nSPS) is 19.8. The van der Waals surface area contributed by atoms with E-state index in [1.807, 2.05) is 13.0 Å². The largest absolute Gasteiger partial charge is 0.422 e. The first kappa shape index (κ1) is 15.2. The molecule has 2 N–H and O–H groups in total. The molecule has 3 rings (SSSR count). The van der Waals surface area contributed by atoms with Crippen LogP contribution in [0.3, 0.4) is 0 Å². The topological polar surface area (TPSA) is 85.5 Å². The van der Waals surface area contributed by atoms with Crippen LogP contribution < -0.4 is 4.74 Å². The maximum absolute atomic E-state index is 14.3. The number of ether oxygens (including phenoxy) is 1. The molecule has 7 heteroatoms. The van der Waals surface area contributed by atoms with Crippen LogP contribution in [0.4, 0.5) is 8.78 Å². The van der Waals surface area contributed by atoms with Crippen LogP contribution >= 0.6 is 0 Å². The molecule has 2 atom stereocenters. The van der Waals surface area contributed by atoms with Crippen molar-refractivity contribution in [2.45, 2.75) is 25.7 Å². The lowest BCUT2D eigenvalue weighted by Gasteiger charge is -2.28. The minimum atomic E-state index is -0.990. The van der Waals surface area contributed by atoms with Crippen molar-refractivity contribution in [2.24, 2.45) is 5.92 Å². The van der Waals surface area contributed by atoms with E-state index in [0.29, 0.717) is 12.0 Å². The van der Waals surface area contributed by atoms with E-state index in [-0.39, 0.29) is 17.3 Å². The summed E-state index contributed by atoms with van der Waals surface area (Å²) < 4.78 is 32.8. The molecule has 0 amide bonds. The second-order valence-corrected chi connectivity index (χ2v) is 5.39. The Morgan fingerprint density at radius 2 is 2.22 bits per heavy atom. The SMILES string of the molecule is CCCc1[nH]nc2c1C(c1ccc(F)cc1F)C(C#N)C(=N)O2. The Hall–Kier alpha value is -2.75. The molecule has 1 aliphatic heterocycles. The Kier molecular flexibility index (Phi) is 3.82. The number of nitriles is 1. The van der Waals surface area contributed by atoms with Gasteiger partial charge in [-0.2, -0.15) is 5.26 Å². The first-order valence-electron chi connectivity index (χ1n) is 7.24. The van der Waals surface area contributed by atoms with Crippen molar-refractivity contribution in [1.82, 2.24) is 10.2 Å². The maximum Gasteiger partial charge on any atom is 0.243 e. The standard InChI is InChI=1S/C16H14F2N4O/c1-2-3-12-14-13(9-5-4-8(17)6-11(9)18)10(7-19)15(20)23-16(14)22-21-12/h4-6,10,13,20H,2-3H2,1H3,(H,21,22). The summed E-state index contributed by atoms with van der Waals surface area (Å²) in [6.45, 7) is 1.98. The first-order valence-corrected chi connectivity index (χ1v) is 7.24. The number of nitrogens with one attached hydrogen (secondary N) is 2. The first-order chi connectivity index (χ1) is 11.1. The van der Waals surface area contributed by atoms with E-state index in [9.17, 15) is 14.0 Å². The van der Waals surface area contributed by atoms with E-state index >= 15 is 0 Å². The van der Waals surface area contributed by atoms with Crippen LogP contribution in [0, 0.1) is 34.3 Å². The van der Waals surface area contributed by atoms with Gasteiger partial charge in [0.05, 0.1) is 6.07 Å². The minimum absolute atomic E-state index is 0.158. The van der Waals surface area contributed by atoms with Crippen LogP contribution in [-0.2, 0) is 6.42 Å². The number of H-pyrrole nitrogens is 1. The lowest BCUT2D eigenvalue weighted by molar-refractivity contribution is 0.430. The zero-order chi connectivity index (χ0) is 16.6. The van der Waals surface area contributed by atoms with Gasteiger partial charge < -0.3 is 4.74 Å². The predicted octanol–water partition coefficient (Wildman–Crippen LogP) is 3.28. The van der Waals surface area contributed by atoms with Crippen LogP contribution in [0.25, 0.3) is 0 Å². The van der Waals surface area contributed by atoms with Crippen molar-refractivity contribution in [3.8, 4) is 11.9 Å². The fourth-order valence-electron chi connectivity index (χ4n) is 2.91. The number of nitrogens with zero attached hydrogens (tertiary/aromatic N) is 2. The van der Waals surface area contributed by atoms with Gasteiger partial charge >= 0.3 is 0 Å². The summed E-state index contributed by atoms with van der Waals surface area (Å²) in [4.78, 5) is 0. The molecule has 1 aliphatic rings. The number of hydrogen-bond acceptors (Lipinski definition) is 4. The Bertz CT molecular complexity index is 809. The third kappa shape index (κ3) is 2.46. The molecule has 1 aromatic heterocycles. The van der Waals surface area contributed by atoms with Crippen LogP contribution in [0.1, 0.15) is 36.1 Å². The number of aromatic nitrogens is 2. The van der Waals surface area contributed by atoms with Gasteiger partial charge in [-0.15, -0.1) is 5.10 Å². The molecule has 1 aromatic carbocycles. The van der Waals surface area contributed by atoms with Gasteiger partial charge in [-0.05, 0) is 18.1 Å². The number of aryl methyl sites for hydroxylation is 1. The van der Waals surface area contributed by atoms with E-state index < -0.39 is 23.5 Å². The molecule has 23 heavy (non-hydrogen) atoms. The van der Waals surface area contributed by atoms with E-state index in [4.69, 9.17) is 10.1 Å². The number of fused-ring (bicyclic) bond motifs is 1. The van der Waals surface area contributed by atoms with Crippen LogP contribution in [0.5, 0.6) is 5.88 Å². The molecule has 0 aliphatic carbocycles. The van der Waals surface area contributed by atoms with Crippen molar-refractivity contribution in [3.05, 3.63) is 46.7 Å². The molecule has 2 aromatic rings. The van der Waals surface area contributed by atoms with Gasteiger partial charge in [0.25, 0.3) is 0 Å². The summed E-state index contributed by atoms with van der Waals surface area (Å²) in [7, 11) is 0. The fourth-order valence-corrected chi connectivity index (χ4v) is 2.91. The quantitative estimate of drug-likeness (QED) is 0.911. The van der Waals surface area contributed by atoms with Crippen LogP contribution in [-0.4, -0.2) is 16.1 Å². The van der Waals surface area contributed by atoms with Gasteiger partial charge in [-0.1, -0.05) is 19.4 Å². The molecule has 0 fully saturated rings. The highest BCUT2D eigenvalue weighted by Crippen LogP contribution is 2.43. The molecule has 2 heterocycles. The molecule has 2 unspecified atom stereocenters. The second-order valence-electron chi connectivity index (χ2n) is 5.39. The highest BCUT2D eigenvalue weighted by molar-refractivity contribution is 5.84. The highest BCUT2D eigenvalue weighted by Gasteiger charge is 2.41. The van der Waals surface area contributed by atoms with E-state index in [1.165, 1.54) is 6.07 Å². The van der Waals surface area contributed by atoms with Gasteiger partial charge in [0.1, 0.15) is 17.6 Å². The van der Waals surface area contributed by atoms with Gasteiger partial charge in [0.15, 0.2) is 0 Å². The van der Waals surface area contributed by atoms with E-state index in [2.05, 4.69) is 10.2 Å². The summed E-state index contributed by atoms with van der Waals surface area (Å²) in [5.74, 6) is -3.29. The number of halogens is 2. The van der Waals surface area contributed by atoms with Gasteiger partial charge in [0, 0.05) is 23.2 Å². The van der Waals surface area contributed by atoms with Crippen molar-refractivity contribution < 1.29 is 13.5 Å². The van der Waals surface area contributed by atoms with Crippen molar-refractivity contribution >= 4 is 5.90 Å². The summed E-state index contributed by atoms with van der Waals surface area (Å²) in [5.41, 5.74) is 1.47. The van der Waals surface area contributed by atoms with Crippen LogP contribution in [0.2, 0.25) is 0 Å². The summed E-state index contributed by atoms with van der Waals surface area (Å²) in [6, 6.07) is 5.23. The molecule has 118 valence electrons. The third-order valence-electron chi connectivity index (χ3n) is 3.92. The van der Waals surface area contributed by atoms with E-state index in [0.717, 1.165) is 24.2 Å². The summed E-state index contributed by atoms with van der Waals surface area (Å²) in [5, 5.41) is 24.2. The Labute approximate surface area is 131 Å². The average Bonchev–Trinajstić information content (AvgIpc) is 2.89. The molecular formula is C16H14F2N4O. The van der Waals surface area contributed by atoms with Gasteiger partial charge in [-0.3, -0.25) is 10.5 Å². The zero-order valence-electron chi connectivity index (χ0n) is 12.4. The summed E-state index contributed by atoms with van der Waals surface area (Å²) in [6.07, 6.45) is 1.47. The molecule has 0 spiro atoms. The third-order valence-corrected chi connectivity index (χ3v) is 3.92. The monoisotopic (exact) mass is 316 g/mol. The molecule has 0 radical (unpaired) electrons. The Balaban J connectivity index is 2.21. The van der Waals surface area contributed by atoms with Crippen molar-refractivity contribution in [3.63, 3.8) is 0 Å². The molecule has 0 bridgehead atoms. The lowest BCUT2D eigenvalue weighted by Crippen LogP contribution is -2.31. The van der Waals surface area contributed by atoms with Crippen molar-refractivity contribution in [1.29, 1.82) is 10.7 Å². The Morgan fingerprint density at radius 3 is 2.87 bits per heavy atom. The second kappa shape index (κ2) is 5.80. The van der Waals surface area contributed by atoms with Crippen LogP contribution in [0.15, 0.2) is 18.2 Å². The predicted molar refractivity (Wildman–Crippen MR) is 78.2 cm³/mol. The van der Waals surface area contributed by atoms with Gasteiger partial charge in [-0.25, -0.2) is 8.78 Å². The maximum atomic E-state index is 14.3. The smallest absolute Gasteiger partial charge is 0.243 e. The average molecular weight is 316 g/mol. The summed E-state index contributed by atoms with van der Waals surface area (Å²) >= 11 is 0. The van der Waals surface area contributed by atoms with E-state index in [1.54, 1.807) is 0 Å². The Morgan fingerprint density at radius 1 is 1.43 bits per heavy atom. The molecule has 0 saturated heterocycles. The molecule has 5 nitrogen and oxygen atoms in total. The lowest BCUT2D eigenvalue weighted by atomic mass is 9.79. The van der Waals surface area contributed by atoms with Crippen molar-refractivity contribution in [2.75, 3.05) is 0 Å². The highest BCUT2D eigenvalue weighted by atomic mass is 19.1. The minimum Gasteiger partial charge on any atom is -0.422 e.